The minimum Gasteiger partial charge on any atom is -0.493 e. The largest absolute Gasteiger partial charge is 0.493 e. The van der Waals surface area contributed by atoms with Crippen LogP contribution < -0.4 is 4.74 Å². The van der Waals surface area contributed by atoms with Crippen molar-refractivity contribution in [2.75, 3.05) is 6.61 Å². The van der Waals surface area contributed by atoms with Gasteiger partial charge in [-0.05, 0) is 23.8 Å². The molecule has 0 saturated heterocycles. The van der Waals surface area contributed by atoms with Crippen molar-refractivity contribution in [3.05, 3.63) is 28.8 Å². The fourth-order valence-electron chi connectivity index (χ4n) is 1.16. The van der Waals surface area contributed by atoms with Gasteiger partial charge in [-0.15, -0.1) is 0 Å². The molecule has 0 radical (unpaired) electrons. The highest BCUT2D eigenvalue weighted by Crippen LogP contribution is 2.27. The third-order valence-corrected chi connectivity index (χ3v) is 1.89. The SMILES string of the molecule is Clc1ccc2c(c1)CCO2. The van der Waals surface area contributed by atoms with E-state index in [1.165, 1.54) is 5.56 Å². The first kappa shape index (κ1) is 6.05. The Balaban J connectivity index is 2.52. The van der Waals surface area contributed by atoms with E-state index in [4.69, 9.17) is 16.3 Å². The van der Waals surface area contributed by atoms with Crippen molar-refractivity contribution in [1.82, 2.24) is 0 Å². The zero-order chi connectivity index (χ0) is 6.97. The molecule has 0 spiro atoms. The molecule has 0 bridgehead atoms. The van der Waals surface area contributed by atoms with E-state index in [0.717, 1.165) is 23.8 Å². The van der Waals surface area contributed by atoms with Crippen molar-refractivity contribution >= 4 is 11.6 Å². The Morgan fingerprint density at radius 1 is 1.40 bits per heavy atom. The average molecular weight is 155 g/mol. The Morgan fingerprint density at radius 2 is 2.30 bits per heavy atom. The highest BCUT2D eigenvalue weighted by molar-refractivity contribution is 6.30. The number of rotatable bonds is 0. The van der Waals surface area contributed by atoms with E-state index in [-0.39, 0.29) is 0 Å². The molecule has 2 rings (SSSR count). The molecule has 0 fully saturated rings. The molecule has 1 aliphatic rings. The van der Waals surface area contributed by atoms with Crippen molar-refractivity contribution in [2.24, 2.45) is 0 Å². The molecule has 0 aliphatic carbocycles. The summed E-state index contributed by atoms with van der Waals surface area (Å²) >= 11 is 5.77. The van der Waals surface area contributed by atoms with E-state index in [9.17, 15) is 0 Å². The lowest BCUT2D eigenvalue weighted by atomic mass is 10.2. The van der Waals surface area contributed by atoms with Gasteiger partial charge in [0.25, 0.3) is 0 Å². The summed E-state index contributed by atoms with van der Waals surface area (Å²) in [7, 11) is 0. The van der Waals surface area contributed by atoms with Gasteiger partial charge < -0.3 is 4.74 Å². The minimum absolute atomic E-state index is 0.796. The molecule has 10 heavy (non-hydrogen) atoms. The first-order chi connectivity index (χ1) is 4.86. The summed E-state index contributed by atoms with van der Waals surface area (Å²) in [4.78, 5) is 0. The van der Waals surface area contributed by atoms with E-state index >= 15 is 0 Å². The highest BCUT2D eigenvalue weighted by atomic mass is 35.5. The summed E-state index contributed by atoms with van der Waals surface area (Å²) < 4.78 is 5.29. The van der Waals surface area contributed by atoms with Gasteiger partial charge in [0.15, 0.2) is 0 Å². The van der Waals surface area contributed by atoms with Crippen molar-refractivity contribution < 1.29 is 4.74 Å². The van der Waals surface area contributed by atoms with E-state index in [0.29, 0.717) is 0 Å². The molecule has 0 N–H and O–H groups in total. The molecule has 0 unspecified atom stereocenters. The lowest BCUT2D eigenvalue weighted by Crippen LogP contribution is -1.85. The first-order valence-corrected chi connectivity index (χ1v) is 3.65. The van der Waals surface area contributed by atoms with Crippen molar-refractivity contribution in [1.29, 1.82) is 0 Å². The predicted molar refractivity (Wildman–Crippen MR) is 40.7 cm³/mol. The van der Waals surface area contributed by atoms with Gasteiger partial charge in [0, 0.05) is 11.4 Å². The monoisotopic (exact) mass is 154 g/mol. The van der Waals surface area contributed by atoms with Gasteiger partial charge in [-0.3, -0.25) is 0 Å². The quantitative estimate of drug-likeness (QED) is 0.557. The molecule has 0 amide bonds. The Bertz CT molecular complexity index is 257. The second-order valence-electron chi connectivity index (χ2n) is 2.35. The number of hydrogen-bond acceptors (Lipinski definition) is 1. The van der Waals surface area contributed by atoms with Gasteiger partial charge in [-0.2, -0.15) is 0 Å². The molecule has 2 heteroatoms. The van der Waals surface area contributed by atoms with Gasteiger partial charge in [0.05, 0.1) is 6.61 Å². The van der Waals surface area contributed by atoms with Crippen molar-refractivity contribution in [2.45, 2.75) is 6.42 Å². The summed E-state index contributed by atoms with van der Waals surface area (Å²) in [5, 5.41) is 0.796. The minimum atomic E-state index is 0.796. The van der Waals surface area contributed by atoms with Crippen LogP contribution in [0.15, 0.2) is 18.2 Å². The molecule has 1 aromatic carbocycles. The first-order valence-electron chi connectivity index (χ1n) is 3.27. The molecule has 1 nitrogen and oxygen atoms in total. The van der Waals surface area contributed by atoms with Crippen LogP contribution in [-0.2, 0) is 6.42 Å². The van der Waals surface area contributed by atoms with Crippen LogP contribution in [0.5, 0.6) is 5.75 Å². The zero-order valence-corrected chi connectivity index (χ0v) is 6.19. The van der Waals surface area contributed by atoms with Crippen LogP contribution in [0.25, 0.3) is 0 Å². The summed E-state index contributed by atoms with van der Waals surface area (Å²) in [6, 6.07) is 5.74. The smallest absolute Gasteiger partial charge is 0.122 e. The third-order valence-electron chi connectivity index (χ3n) is 1.65. The van der Waals surface area contributed by atoms with Gasteiger partial charge in [0.1, 0.15) is 5.75 Å². The van der Waals surface area contributed by atoms with Gasteiger partial charge in [0.2, 0.25) is 0 Å². The van der Waals surface area contributed by atoms with Crippen LogP contribution in [0.1, 0.15) is 5.56 Å². The third kappa shape index (κ3) is 0.868. The highest BCUT2D eigenvalue weighted by Gasteiger charge is 2.10. The molecule has 0 aromatic heterocycles. The van der Waals surface area contributed by atoms with Crippen LogP contribution >= 0.6 is 11.6 Å². The molecule has 1 heterocycles. The molecule has 1 aromatic rings. The predicted octanol–water partition coefficient (Wildman–Crippen LogP) is 2.27. The average Bonchev–Trinajstić information content (AvgIpc) is 2.33. The maximum atomic E-state index is 5.77. The van der Waals surface area contributed by atoms with Gasteiger partial charge in [-0.25, -0.2) is 0 Å². The zero-order valence-electron chi connectivity index (χ0n) is 5.43. The van der Waals surface area contributed by atoms with Crippen LogP contribution in [0.2, 0.25) is 5.02 Å². The number of ether oxygens (including phenoxy) is 1. The molecular formula is C8H7ClO. The fraction of sp³-hybridized carbons (Fsp3) is 0.250. The van der Waals surface area contributed by atoms with Crippen LogP contribution in [0, 0.1) is 0 Å². The van der Waals surface area contributed by atoms with E-state index < -0.39 is 0 Å². The van der Waals surface area contributed by atoms with Gasteiger partial charge >= 0.3 is 0 Å². The fourth-order valence-corrected chi connectivity index (χ4v) is 1.35. The van der Waals surface area contributed by atoms with E-state index in [2.05, 4.69) is 0 Å². The van der Waals surface area contributed by atoms with Crippen LogP contribution in [0.4, 0.5) is 0 Å². The van der Waals surface area contributed by atoms with Crippen molar-refractivity contribution in [3.63, 3.8) is 0 Å². The van der Waals surface area contributed by atoms with Crippen LogP contribution in [-0.4, -0.2) is 6.61 Å². The van der Waals surface area contributed by atoms with E-state index in [1.54, 1.807) is 0 Å². The lowest BCUT2D eigenvalue weighted by Gasteiger charge is -1.96. The number of benzene rings is 1. The number of fused-ring (bicyclic) bond motifs is 1. The topological polar surface area (TPSA) is 9.23 Å². The Kier molecular flexibility index (Phi) is 1.31. The van der Waals surface area contributed by atoms with E-state index in [1.807, 2.05) is 18.2 Å². The maximum absolute atomic E-state index is 5.77. The Hall–Kier alpha value is -0.690. The summed E-state index contributed by atoms with van der Waals surface area (Å²) in [5.74, 6) is 0.990. The molecule has 0 atom stereocenters. The normalized spacial score (nSPS) is 14.5. The molecule has 52 valence electrons. The Labute approximate surface area is 64.6 Å². The lowest BCUT2D eigenvalue weighted by molar-refractivity contribution is 0.357. The maximum Gasteiger partial charge on any atom is 0.122 e. The second-order valence-corrected chi connectivity index (χ2v) is 2.79. The Morgan fingerprint density at radius 3 is 3.20 bits per heavy atom. The summed E-state index contributed by atoms with van der Waals surface area (Å²) in [6.45, 7) is 0.801. The summed E-state index contributed by atoms with van der Waals surface area (Å²) in [6.07, 6.45) is 0.996. The summed E-state index contributed by atoms with van der Waals surface area (Å²) in [5.41, 5.74) is 1.23. The number of hydrogen-bond donors (Lipinski definition) is 0. The second kappa shape index (κ2) is 2.17. The molecular weight excluding hydrogens is 148 g/mol. The van der Waals surface area contributed by atoms with Gasteiger partial charge in [-0.1, -0.05) is 11.6 Å². The number of halogens is 1. The molecule has 1 aliphatic heterocycles. The standard InChI is InChI=1S/C8H7ClO/c9-7-1-2-8-6(5-7)3-4-10-8/h1-2,5H,3-4H2. The van der Waals surface area contributed by atoms with Crippen molar-refractivity contribution in [3.8, 4) is 5.75 Å². The molecule has 0 saturated carbocycles. The van der Waals surface area contributed by atoms with Crippen LogP contribution in [0.3, 0.4) is 0 Å².